The van der Waals surface area contributed by atoms with E-state index in [9.17, 15) is 4.79 Å². The maximum atomic E-state index is 10.8. The maximum Gasteiger partial charge on any atom is 0.334 e. The molecule has 0 amide bonds. The van der Waals surface area contributed by atoms with Crippen LogP contribution in [0.25, 0.3) is 0 Å². The summed E-state index contributed by atoms with van der Waals surface area (Å²) in [7, 11) is 0. The summed E-state index contributed by atoms with van der Waals surface area (Å²) in [6, 6.07) is -0.320. The molecule has 1 atom stereocenters. The summed E-state index contributed by atoms with van der Waals surface area (Å²) in [6.45, 7) is 7.27. The maximum absolute atomic E-state index is 10.8. The highest BCUT2D eigenvalue weighted by Crippen LogP contribution is 1.97. The predicted molar refractivity (Wildman–Crippen MR) is 39.4 cm³/mol. The van der Waals surface area contributed by atoms with Crippen LogP contribution in [-0.2, 0) is 9.53 Å². The van der Waals surface area contributed by atoms with Crippen molar-refractivity contribution in [3.8, 4) is 0 Å². The van der Waals surface area contributed by atoms with Crippen molar-refractivity contribution in [1.82, 2.24) is 0 Å². The molecule has 58 valence electrons. The number of hydrogen-bond donors (Lipinski definition) is 1. The number of hydrogen-bond acceptors (Lipinski definition) is 3. The number of carbonyl (C=O) groups excluding carboxylic acids is 1. The van der Waals surface area contributed by atoms with Crippen LogP contribution in [0, 0.1) is 0 Å². The average Bonchev–Trinajstić information content (AvgIpc) is 1.87. The van der Waals surface area contributed by atoms with Gasteiger partial charge in [-0.3, -0.25) is 0 Å². The molecule has 0 heterocycles. The van der Waals surface area contributed by atoms with E-state index >= 15 is 0 Å². The molecule has 0 saturated heterocycles. The Labute approximate surface area is 60.9 Å². The molecule has 0 aliphatic carbocycles. The van der Waals surface area contributed by atoms with E-state index in [0.29, 0.717) is 12.2 Å². The van der Waals surface area contributed by atoms with Gasteiger partial charge < -0.3 is 10.5 Å². The van der Waals surface area contributed by atoms with Crippen LogP contribution in [0.15, 0.2) is 12.2 Å². The number of esters is 1. The van der Waals surface area contributed by atoms with Gasteiger partial charge in [-0.1, -0.05) is 6.58 Å². The normalized spacial score (nSPS) is 12.3. The molecule has 0 saturated carbocycles. The highest BCUT2D eigenvalue weighted by Gasteiger charge is 2.10. The lowest BCUT2D eigenvalue weighted by Crippen LogP contribution is -2.24. The highest BCUT2D eigenvalue weighted by atomic mass is 16.5. The van der Waals surface area contributed by atoms with Crippen LogP contribution in [0.5, 0.6) is 0 Å². The topological polar surface area (TPSA) is 52.3 Å². The Morgan fingerprint density at radius 1 is 1.80 bits per heavy atom. The summed E-state index contributed by atoms with van der Waals surface area (Å²) < 4.78 is 4.65. The lowest BCUT2D eigenvalue weighted by molar-refractivity contribution is -0.138. The van der Waals surface area contributed by atoms with Gasteiger partial charge in [0.15, 0.2) is 0 Å². The van der Waals surface area contributed by atoms with E-state index in [0.717, 1.165) is 0 Å². The Morgan fingerprint density at radius 2 is 2.30 bits per heavy atom. The highest BCUT2D eigenvalue weighted by molar-refractivity contribution is 5.88. The fourth-order valence-corrected chi connectivity index (χ4v) is 0.410. The number of nitrogens with two attached hydrogens (primary N) is 1. The van der Waals surface area contributed by atoms with Crippen molar-refractivity contribution in [1.29, 1.82) is 0 Å². The molecule has 0 fully saturated rings. The molecule has 0 aliphatic rings. The molecule has 0 aromatic carbocycles. The number of rotatable bonds is 3. The first-order valence-electron chi connectivity index (χ1n) is 3.21. The van der Waals surface area contributed by atoms with Crippen molar-refractivity contribution < 1.29 is 9.53 Å². The van der Waals surface area contributed by atoms with Gasteiger partial charge in [-0.05, 0) is 13.8 Å². The third-order valence-corrected chi connectivity index (χ3v) is 1.09. The standard InChI is InChI=1S/C7H13NO2/c1-4-10-7(9)5(2)6(3)8/h6H,2,4,8H2,1,3H3. The fourth-order valence-electron chi connectivity index (χ4n) is 0.410. The third-order valence-electron chi connectivity index (χ3n) is 1.09. The molecule has 0 aliphatic heterocycles. The number of ether oxygens (including phenoxy) is 1. The SMILES string of the molecule is C=C(C(=O)OCC)C(C)N. The van der Waals surface area contributed by atoms with Crippen molar-refractivity contribution in [3.05, 3.63) is 12.2 Å². The number of carbonyl (C=O) groups is 1. The lowest BCUT2D eigenvalue weighted by Gasteiger charge is -2.06. The summed E-state index contributed by atoms with van der Waals surface area (Å²) in [4.78, 5) is 10.8. The Hall–Kier alpha value is -0.830. The zero-order valence-electron chi connectivity index (χ0n) is 6.39. The van der Waals surface area contributed by atoms with Crippen LogP contribution in [0.2, 0.25) is 0 Å². The summed E-state index contributed by atoms with van der Waals surface area (Å²) in [5, 5.41) is 0. The second kappa shape index (κ2) is 4.06. The van der Waals surface area contributed by atoms with E-state index in [1.54, 1.807) is 13.8 Å². The van der Waals surface area contributed by atoms with Crippen LogP contribution in [0.4, 0.5) is 0 Å². The summed E-state index contributed by atoms with van der Waals surface area (Å²) in [6.07, 6.45) is 0. The first-order valence-corrected chi connectivity index (χ1v) is 3.21. The lowest BCUT2D eigenvalue weighted by atomic mass is 10.2. The third kappa shape index (κ3) is 2.64. The second-order valence-electron chi connectivity index (χ2n) is 2.03. The van der Waals surface area contributed by atoms with Crippen molar-refractivity contribution in [3.63, 3.8) is 0 Å². The van der Waals surface area contributed by atoms with E-state index in [2.05, 4.69) is 11.3 Å². The Bertz CT molecular complexity index is 141. The van der Waals surface area contributed by atoms with E-state index < -0.39 is 5.97 Å². The van der Waals surface area contributed by atoms with Gasteiger partial charge in [0.05, 0.1) is 6.61 Å². The van der Waals surface area contributed by atoms with Crippen LogP contribution in [0.1, 0.15) is 13.8 Å². The van der Waals surface area contributed by atoms with Gasteiger partial charge in [-0.15, -0.1) is 0 Å². The Morgan fingerprint density at radius 3 is 2.60 bits per heavy atom. The summed E-state index contributed by atoms with van der Waals surface area (Å²) in [5.74, 6) is -0.405. The van der Waals surface area contributed by atoms with Gasteiger partial charge >= 0.3 is 5.97 Å². The summed E-state index contributed by atoms with van der Waals surface area (Å²) in [5.41, 5.74) is 5.69. The molecule has 0 radical (unpaired) electrons. The van der Waals surface area contributed by atoms with Gasteiger partial charge in [0.1, 0.15) is 0 Å². The second-order valence-corrected chi connectivity index (χ2v) is 2.03. The molecule has 10 heavy (non-hydrogen) atoms. The van der Waals surface area contributed by atoms with Crippen LogP contribution >= 0.6 is 0 Å². The zero-order valence-corrected chi connectivity index (χ0v) is 6.39. The molecular weight excluding hydrogens is 130 g/mol. The zero-order chi connectivity index (χ0) is 8.15. The van der Waals surface area contributed by atoms with Crippen molar-refractivity contribution in [2.45, 2.75) is 19.9 Å². The van der Waals surface area contributed by atoms with Gasteiger partial charge in [0, 0.05) is 11.6 Å². The van der Waals surface area contributed by atoms with E-state index in [4.69, 9.17) is 5.73 Å². The smallest absolute Gasteiger partial charge is 0.334 e. The predicted octanol–water partition coefficient (Wildman–Crippen LogP) is 0.453. The molecule has 0 aromatic rings. The Kier molecular flexibility index (Phi) is 3.72. The molecule has 1 unspecified atom stereocenters. The minimum atomic E-state index is -0.405. The van der Waals surface area contributed by atoms with Crippen molar-refractivity contribution >= 4 is 5.97 Å². The quantitative estimate of drug-likeness (QED) is 0.461. The van der Waals surface area contributed by atoms with Gasteiger partial charge in [-0.25, -0.2) is 4.79 Å². The molecule has 0 bridgehead atoms. The summed E-state index contributed by atoms with van der Waals surface area (Å²) >= 11 is 0. The van der Waals surface area contributed by atoms with E-state index in [1.807, 2.05) is 0 Å². The first kappa shape index (κ1) is 9.17. The van der Waals surface area contributed by atoms with Crippen LogP contribution in [-0.4, -0.2) is 18.6 Å². The monoisotopic (exact) mass is 143 g/mol. The van der Waals surface area contributed by atoms with E-state index in [-0.39, 0.29) is 6.04 Å². The van der Waals surface area contributed by atoms with Crippen LogP contribution in [0.3, 0.4) is 0 Å². The molecule has 0 spiro atoms. The average molecular weight is 143 g/mol. The molecule has 3 nitrogen and oxygen atoms in total. The van der Waals surface area contributed by atoms with E-state index in [1.165, 1.54) is 0 Å². The molecular formula is C7H13NO2. The Balaban J connectivity index is 3.83. The first-order chi connectivity index (χ1) is 4.59. The van der Waals surface area contributed by atoms with Gasteiger partial charge in [-0.2, -0.15) is 0 Å². The fraction of sp³-hybridized carbons (Fsp3) is 0.571. The van der Waals surface area contributed by atoms with Crippen LogP contribution < -0.4 is 5.73 Å². The van der Waals surface area contributed by atoms with Gasteiger partial charge in [0.25, 0.3) is 0 Å². The molecule has 0 aromatic heterocycles. The minimum absolute atomic E-state index is 0.320. The molecule has 3 heteroatoms. The van der Waals surface area contributed by atoms with Gasteiger partial charge in [0.2, 0.25) is 0 Å². The molecule has 0 rings (SSSR count). The minimum Gasteiger partial charge on any atom is -0.463 e. The van der Waals surface area contributed by atoms with Crippen molar-refractivity contribution in [2.75, 3.05) is 6.61 Å². The largest absolute Gasteiger partial charge is 0.463 e. The molecule has 2 N–H and O–H groups in total. The van der Waals surface area contributed by atoms with Crippen molar-refractivity contribution in [2.24, 2.45) is 5.73 Å².